The van der Waals surface area contributed by atoms with E-state index in [2.05, 4.69) is 19.5 Å². The number of nitrogens with one attached hydrogen (secondary N) is 1. The van der Waals surface area contributed by atoms with Gasteiger partial charge in [0.1, 0.15) is 17.8 Å². The van der Waals surface area contributed by atoms with Crippen LogP contribution in [0.3, 0.4) is 0 Å². The summed E-state index contributed by atoms with van der Waals surface area (Å²) in [6.45, 7) is 0.586. The molecule has 0 aromatic carbocycles. The Labute approximate surface area is 139 Å². The van der Waals surface area contributed by atoms with Gasteiger partial charge in [-0.3, -0.25) is 18.9 Å². The lowest BCUT2D eigenvalue weighted by Gasteiger charge is -2.27. The summed E-state index contributed by atoms with van der Waals surface area (Å²) in [6.07, 6.45) is -2.87. The van der Waals surface area contributed by atoms with Crippen LogP contribution in [0.4, 0.5) is 5.95 Å². The zero-order valence-electron chi connectivity index (χ0n) is 12.8. The molecule has 0 aliphatic carbocycles. The maximum absolute atomic E-state index is 11.8. The molecule has 0 spiro atoms. The Morgan fingerprint density at radius 1 is 1.56 bits per heavy atom. The smallest absolute Gasteiger partial charge is 0.387 e. The van der Waals surface area contributed by atoms with E-state index in [1.807, 2.05) is 0 Å². The molecule has 4 atom stereocenters. The second kappa shape index (κ2) is 5.85. The highest BCUT2D eigenvalue weighted by molar-refractivity contribution is 7.46. The van der Waals surface area contributed by atoms with Gasteiger partial charge in [0.2, 0.25) is 5.95 Å². The first-order valence-corrected chi connectivity index (χ1v) is 8.52. The number of nitrogens with two attached hydrogens (primary N) is 1. The molecule has 3 rings (SSSR count). The number of nitrogen functional groups attached to an aromatic ring is 1. The fourth-order valence-electron chi connectivity index (χ4n) is 2.66. The first-order valence-electron chi connectivity index (χ1n) is 6.99. The summed E-state index contributed by atoms with van der Waals surface area (Å²) in [7, 11) is -4.78. The molecule has 0 saturated carbocycles. The monoisotopic (exact) mass is 377 g/mol. The van der Waals surface area contributed by atoms with Crippen LogP contribution >= 0.6 is 7.82 Å². The van der Waals surface area contributed by atoms with Crippen molar-refractivity contribution >= 4 is 24.9 Å². The van der Waals surface area contributed by atoms with Crippen LogP contribution < -0.4 is 11.3 Å². The number of rotatable bonds is 4. The summed E-state index contributed by atoms with van der Waals surface area (Å²) >= 11 is 0. The van der Waals surface area contributed by atoms with Crippen LogP contribution in [-0.2, 0) is 13.8 Å². The highest BCUT2D eigenvalue weighted by Crippen LogP contribution is 2.42. The zero-order chi connectivity index (χ0) is 18.6. The number of phosphoric ester groups is 1. The van der Waals surface area contributed by atoms with Crippen molar-refractivity contribution in [3.8, 4) is 0 Å². The first-order chi connectivity index (χ1) is 11.5. The molecular weight excluding hydrogens is 361 g/mol. The van der Waals surface area contributed by atoms with E-state index in [4.69, 9.17) is 20.3 Å². The second-order valence-electron chi connectivity index (χ2n) is 5.76. The van der Waals surface area contributed by atoms with Gasteiger partial charge < -0.3 is 30.5 Å². The number of phosphoric acid groups is 1. The van der Waals surface area contributed by atoms with E-state index in [0.29, 0.717) is 0 Å². The third kappa shape index (κ3) is 3.18. The van der Waals surface area contributed by atoms with E-state index in [1.165, 1.54) is 17.8 Å². The minimum absolute atomic E-state index is 0.00952. The molecule has 0 bridgehead atoms. The van der Waals surface area contributed by atoms with Crippen LogP contribution in [0.2, 0.25) is 0 Å². The van der Waals surface area contributed by atoms with Gasteiger partial charge in [-0.25, -0.2) is 9.55 Å². The number of ether oxygens (including phenoxy) is 1. The average molecular weight is 377 g/mol. The van der Waals surface area contributed by atoms with E-state index in [-0.39, 0.29) is 17.1 Å². The lowest BCUT2D eigenvalue weighted by Crippen LogP contribution is -2.44. The van der Waals surface area contributed by atoms with E-state index >= 15 is 0 Å². The van der Waals surface area contributed by atoms with Crippen molar-refractivity contribution in [3.63, 3.8) is 0 Å². The number of fused-ring (bicyclic) bond motifs is 1. The summed E-state index contributed by atoms with van der Waals surface area (Å²) in [5.41, 5.74) is 2.96. The lowest BCUT2D eigenvalue weighted by molar-refractivity contribution is -0.0949. The molecule has 2 aromatic heterocycles. The molecule has 1 aliphatic heterocycles. The third-order valence-electron chi connectivity index (χ3n) is 3.86. The Morgan fingerprint density at radius 2 is 2.24 bits per heavy atom. The Balaban J connectivity index is 1.97. The van der Waals surface area contributed by atoms with Crippen LogP contribution in [0, 0.1) is 0 Å². The van der Waals surface area contributed by atoms with Crippen LogP contribution in [-0.4, -0.2) is 63.9 Å². The van der Waals surface area contributed by atoms with Crippen LogP contribution in [0.15, 0.2) is 11.1 Å². The predicted octanol–water partition coefficient (Wildman–Crippen LogP) is -2.18. The van der Waals surface area contributed by atoms with Crippen molar-refractivity contribution < 1.29 is 33.8 Å². The van der Waals surface area contributed by atoms with E-state index in [1.54, 1.807) is 0 Å². The molecule has 3 heterocycles. The topological polar surface area (TPSA) is 206 Å². The van der Waals surface area contributed by atoms with Gasteiger partial charge >= 0.3 is 7.82 Å². The summed E-state index contributed by atoms with van der Waals surface area (Å²) in [5, 5.41) is 20.8. The predicted molar refractivity (Wildman–Crippen MR) is 81.1 cm³/mol. The number of aromatic amines is 1. The summed E-state index contributed by atoms with van der Waals surface area (Å²) < 4.78 is 21.8. The minimum Gasteiger partial charge on any atom is -0.387 e. The molecule has 13 nitrogen and oxygen atoms in total. The molecule has 0 amide bonds. The number of hydrogen-bond donors (Lipinski definition) is 6. The number of hydrogen-bond acceptors (Lipinski definition) is 9. The largest absolute Gasteiger partial charge is 0.469 e. The SMILES string of the molecule is CC1(O)C(O)C(COP(=O)(O)O)OC1n1cnc2c(=O)[nH]c(N)nc21. The van der Waals surface area contributed by atoms with Crippen molar-refractivity contribution in [2.24, 2.45) is 0 Å². The quantitative estimate of drug-likeness (QED) is 0.316. The number of aromatic nitrogens is 4. The highest BCUT2D eigenvalue weighted by atomic mass is 31.2. The molecular formula is C11H16N5O8P. The first kappa shape index (κ1) is 17.9. The molecule has 1 saturated heterocycles. The molecule has 138 valence electrons. The molecule has 7 N–H and O–H groups in total. The molecule has 1 aliphatic rings. The zero-order valence-corrected chi connectivity index (χ0v) is 13.7. The van der Waals surface area contributed by atoms with Crippen molar-refractivity contribution in [3.05, 3.63) is 16.7 Å². The van der Waals surface area contributed by atoms with Gasteiger partial charge in [-0.15, -0.1) is 0 Å². The maximum Gasteiger partial charge on any atom is 0.469 e. The van der Waals surface area contributed by atoms with Gasteiger partial charge in [0, 0.05) is 0 Å². The van der Waals surface area contributed by atoms with Crippen molar-refractivity contribution in [1.82, 2.24) is 19.5 Å². The highest BCUT2D eigenvalue weighted by Gasteiger charge is 2.54. The molecule has 14 heteroatoms. The molecule has 0 radical (unpaired) electrons. The number of nitrogens with zero attached hydrogens (tertiary/aromatic N) is 3. The van der Waals surface area contributed by atoms with Gasteiger partial charge in [0.05, 0.1) is 12.9 Å². The van der Waals surface area contributed by atoms with Crippen molar-refractivity contribution in [2.45, 2.75) is 31.0 Å². The van der Waals surface area contributed by atoms with Crippen LogP contribution in [0.1, 0.15) is 13.2 Å². The Morgan fingerprint density at radius 3 is 2.88 bits per heavy atom. The third-order valence-corrected chi connectivity index (χ3v) is 4.35. The fourth-order valence-corrected chi connectivity index (χ4v) is 3.00. The minimum atomic E-state index is -4.78. The second-order valence-corrected chi connectivity index (χ2v) is 7.00. The Hall–Kier alpha value is -1.86. The number of aliphatic hydroxyl groups excluding tert-OH is 1. The normalized spacial score (nSPS) is 30.2. The number of anilines is 1. The van der Waals surface area contributed by atoms with Gasteiger partial charge in [0.25, 0.3) is 5.56 Å². The van der Waals surface area contributed by atoms with E-state index < -0.39 is 44.0 Å². The van der Waals surface area contributed by atoms with Gasteiger partial charge in [-0.2, -0.15) is 4.98 Å². The lowest BCUT2D eigenvalue weighted by atomic mass is 9.96. The average Bonchev–Trinajstić information content (AvgIpc) is 2.97. The fraction of sp³-hybridized carbons (Fsp3) is 0.545. The number of imidazole rings is 1. The van der Waals surface area contributed by atoms with E-state index in [0.717, 1.165) is 0 Å². The molecule has 4 unspecified atom stereocenters. The van der Waals surface area contributed by atoms with Crippen molar-refractivity contribution in [2.75, 3.05) is 12.3 Å². The molecule has 25 heavy (non-hydrogen) atoms. The molecule has 2 aromatic rings. The number of H-pyrrole nitrogens is 1. The molecule has 1 fully saturated rings. The Bertz CT molecular complexity index is 903. The number of aliphatic hydroxyl groups is 2. The Kier molecular flexibility index (Phi) is 4.20. The summed E-state index contributed by atoms with van der Waals surface area (Å²) in [4.78, 5) is 39.4. The van der Waals surface area contributed by atoms with Crippen molar-refractivity contribution in [1.29, 1.82) is 0 Å². The van der Waals surface area contributed by atoms with Crippen LogP contribution in [0.5, 0.6) is 0 Å². The maximum atomic E-state index is 11.8. The van der Waals surface area contributed by atoms with Gasteiger partial charge in [-0.1, -0.05) is 0 Å². The summed E-state index contributed by atoms with van der Waals surface area (Å²) in [6, 6.07) is 0. The van der Waals surface area contributed by atoms with Crippen LogP contribution in [0.25, 0.3) is 11.2 Å². The standard InChI is InChI=1S/C11H16N5O8P/c1-11(19)6(17)4(2-23-25(20,21)22)24-9(11)16-3-13-5-7(16)14-10(12)15-8(5)18/h3-4,6,9,17,19H,2H2,1H3,(H2,20,21,22)(H3,12,14,15,18). The summed E-state index contributed by atoms with van der Waals surface area (Å²) in [5.74, 6) is -0.182. The van der Waals surface area contributed by atoms with Gasteiger partial charge in [-0.05, 0) is 6.92 Å². The van der Waals surface area contributed by atoms with Gasteiger partial charge in [0.15, 0.2) is 17.4 Å². The van der Waals surface area contributed by atoms with E-state index in [9.17, 15) is 19.6 Å².